The number of likely N-dealkylation sites (tertiary alicyclic amines) is 1. The molecule has 0 unspecified atom stereocenters. The fourth-order valence-corrected chi connectivity index (χ4v) is 0.936. The van der Waals surface area contributed by atoms with E-state index in [1.807, 2.05) is 37.7 Å². The Bertz CT molecular complexity index is 130. The summed E-state index contributed by atoms with van der Waals surface area (Å²) in [5.74, 6) is 0.260. The van der Waals surface area contributed by atoms with Crippen LogP contribution in [0.3, 0.4) is 0 Å². The van der Waals surface area contributed by atoms with E-state index < -0.39 is 0 Å². The maximum Gasteiger partial charge on any atom is 0.236 e. The smallest absolute Gasteiger partial charge is 0.236 e. The summed E-state index contributed by atoms with van der Waals surface area (Å²) in [5.41, 5.74) is 0. The second kappa shape index (κ2) is 6.00. The largest absolute Gasteiger partial charge is 0.341 e. The van der Waals surface area contributed by atoms with Gasteiger partial charge in [0.2, 0.25) is 5.91 Å². The summed E-state index contributed by atoms with van der Waals surface area (Å²) in [5, 5.41) is 0. The number of rotatable bonds is 2. The van der Waals surface area contributed by atoms with E-state index in [0.717, 1.165) is 13.1 Å². The molecule has 1 saturated heterocycles. The predicted octanol–water partition coefficient (Wildman–Crippen LogP) is 0.807. The van der Waals surface area contributed by atoms with Gasteiger partial charge in [0.15, 0.2) is 0 Å². The number of hydrogen-bond acceptors (Lipinski definition) is 2. The molecule has 0 N–H and O–H groups in total. The van der Waals surface area contributed by atoms with Gasteiger partial charge >= 0.3 is 0 Å². The van der Waals surface area contributed by atoms with Crippen molar-refractivity contribution in [1.82, 2.24) is 9.80 Å². The first-order valence-corrected chi connectivity index (χ1v) is 4.62. The number of hydrogen-bond donors (Lipinski definition) is 0. The Morgan fingerprint density at radius 2 is 1.83 bits per heavy atom. The molecule has 3 heteroatoms. The summed E-state index contributed by atoms with van der Waals surface area (Å²) in [6, 6.07) is 0. The van der Waals surface area contributed by atoms with Gasteiger partial charge in [-0.2, -0.15) is 0 Å². The van der Waals surface area contributed by atoms with Crippen LogP contribution in [-0.4, -0.2) is 49.4 Å². The molecule has 0 radical (unpaired) electrons. The molecule has 0 aromatic rings. The van der Waals surface area contributed by atoms with Crippen molar-refractivity contribution in [3.8, 4) is 0 Å². The molecule has 0 aromatic carbocycles. The Balaban J connectivity index is 0.000000561. The quantitative estimate of drug-likeness (QED) is 0.615. The summed E-state index contributed by atoms with van der Waals surface area (Å²) in [4.78, 5) is 14.9. The predicted molar refractivity (Wildman–Crippen MR) is 51.1 cm³/mol. The van der Waals surface area contributed by atoms with Gasteiger partial charge in [-0.1, -0.05) is 13.8 Å². The van der Waals surface area contributed by atoms with Gasteiger partial charge in [0, 0.05) is 13.1 Å². The number of carbonyl (C=O) groups is 1. The van der Waals surface area contributed by atoms with E-state index in [0.29, 0.717) is 6.54 Å². The Morgan fingerprint density at radius 3 is 2.08 bits per heavy atom. The van der Waals surface area contributed by atoms with E-state index in [2.05, 4.69) is 0 Å². The maximum atomic E-state index is 11.1. The zero-order chi connectivity index (χ0) is 9.56. The molecule has 1 amide bonds. The lowest BCUT2D eigenvalue weighted by Crippen LogP contribution is -2.45. The van der Waals surface area contributed by atoms with Crippen molar-refractivity contribution in [2.75, 3.05) is 33.7 Å². The molecule has 12 heavy (non-hydrogen) atoms. The molecule has 1 rings (SSSR count). The van der Waals surface area contributed by atoms with Crippen LogP contribution in [-0.2, 0) is 4.79 Å². The minimum Gasteiger partial charge on any atom is -0.341 e. The third-order valence-electron chi connectivity index (χ3n) is 1.66. The molecule has 1 aliphatic rings. The minimum atomic E-state index is 0.260. The van der Waals surface area contributed by atoms with Gasteiger partial charge in [-0.25, -0.2) is 0 Å². The lowest BCUT2D eigenvalue weighted by molar-refractivity contribution is -0.135. The van der Waals surface area contributed by atoms with Crippen molar-refractivity contribution in [3.63, 3.8) is 0 Å². The second-order valence-electron chi connectivity index (χ2n) is 2.97. The van der Waals surface area contributed by atoms with E-state index >= 15 is 0 Å². The molecule has 0 bridgehead atoms. The fraction of sp³-hybridized carbons (Fsp3) is 0.889. The van der Waals surface area contributed by atoms with Crippen molar-refractivity contribution in [2.45, 2.75) is 20.3 Å². The summed E-state index contributed by atoms with van der Waals surface area (Å²) >= 11 is 0. The first kappa shape index (κ1) is 11.4. The van der Waals surface area contributed by atoms with Gasteiger partial charge in [0.05, 0.1) is 6.54 Å². The number of nitrogens with zero attached hydrogens (tertiary/aromatic N) is 2. The zero-order valence-electron chi connectivity index (χ0n) is 8.63. The summed E-state index contributed by atoms with van der Waals surface area (Å²) in [6.45, 7) is 6.49. The summed E-state index contributed by atoms with van der Waals surface area (Å²) < 4.78 is 0. The monoisotopic (exact) mass is 172 g/mol. The molecular formula is C9H20N2O. The van der Waals surface area contributed by atoms with Crippen molar-refractivity contribution < 1.29 is 4.79 Å². The topological polar surface area (TPSA) is 23.6 Å². The highest BCUT2D eigenvalue weighted by Gasteiger charge is 2.19. The van der Waals surface area contributed by atoms with Crippen LogP contribution in [0.1, 0.15) is 20.3 Å². The third-order valence-corrected chi connectivity index (χ3v) is 1.66. The maximum absolute atomic E-state index is 11.1. The average Bonchev–Trinajstić information content (AvgIpc) is 1.85. The molecule has 3 nitrogen and oxygen atoms in total. The second-order valence-corrected chi connectivity index (χ2v) is 2.97. The molecule has 0 aliphatic carbocycles. The van der Waals surface area contributed by atoms with E-state index in [9.17, 15) is 4.79 Å². The first-order chi connectivity index (χ1) is 5.70. The van der Waals surface area contributed by atoms with Crippen LogP contribution in [0.25, 0.3) is 0 Å². The van der Waals surface area contributed by atoms with Crippen LogP contribution in [0.2, 0.25) is 0 Å². The SMILES string of the molecule is CC.CN(C)CC(=O)N1CCC1. The van der Waals surface area contributed by atoms with Gasteiger partial charge in [-0.3, -0.25) is 4.79 Å². The molecule has 1 heterocycles. The van der Waals surface area contributed by atoms with Crippen LogP contribution >= 0.6 is 0 Å². The molecule has 0 atom stereocenters. The van der Waals surface area contributed by atoms with Gasteiger partial charge in [-0.15, -0.1) is 0 Å². The van der Waals surface area contributed by atoms with Crippen molar-refractivity contribution in [1.29, 1.82) is 0 Å². The Hall–Kier alpha value is -0.570. The van der Waals surface area contributed by atoms with Crippen LogP contribution in [0.4, 0.5) is 0 Å². The van der Waals surface area contributed by atoms with E-state index in [-0.39, 0.29) is 5.91 Å². The number of amides is 1. The van der Waals surface area contributed by atoms with E-state index in [1.165, 1.54) is 6.42 Å². The molecule has 72 valence electrons. The summed E-state index contributed by atoms with van der Waals surface area (Å²) in [6.07, 6.45) is 1.18. The normalized spacial score (nSPS) is 14.9. The highest BCUT2D eigenvalue weighted by molar-refractivity contribution is 5.78. The zero-order valence-corrected chi connectivity index (χ0v) is 8.63. The fourth-order valence-electron chi connectivity index (χ4n) is 0.936. The van der Waals surface area contributed by atoms with E-state index in [4.69, 9.17) is 0 Å². The lowest BCUT2D eigenvalue weighted by Gasteiger charge is -2.31. The van der Waals surface area contributed by atoms with Crippen molar-refractivity contribution in [2.24, 2.45) is 0 Å². The molecule has 0 saturated carbocycles. The van der Waals surface area contributed by atoms with Crippen LogP contribution in [0.5, 0.6) is 0 Å². The van der Waals surface area contributed by atoms with Crippen LogP contribution in [0.15, 0.2) is 0 Å². The van der Waals surface area contributed by atoms with Crippen LogP contribution < -0.4 is 0 Å². The summed E-state index contributed by atoms with van der Waals surface area (Å²) in [7, 11) is 3.83. The van der Waals surface area contributed by atoms with Crippen molar-refractivity contribution >= 4 is 5.91 Å². The molecule has 0 aromatic heterocycles. The molecule has 1 fully saturated rings. The highest BCUT2D eigenvalue weighted by Crippen LogP contribution is 2.05. The number of likely N-dealkylation sites (N-methyl/N-ethyl adjacent to an activating group) is 1. The minimum absolute atomic E-state index is 0.260. The van der Waals surface area contributed by atoms with Crippen molar-refractivity contribution in [3.05, 3.63) is 0 Å². The molecular weight excluding hydrogens is 152 g/mol. The first-order valence-electron chi connectivity index (χ1n) is 4.62. The number of carbonyl (C=O) groups excluding carboxylic acids is 1. The third kappa shape index (κ3) is 3.72. The molecule has 0 spiro atoms. The Morgan fingerprint density at radius 1 is 1.33 bits per heavy atom. The lowest BCUT2D eigenvalue weighted by atomic mass is 10.2. The van der Waals surface area contributed by atoms with Gasteiger partial charge in [0.1, 0.15) is 0 Å². The van der Waals surface area contributed by atoms with Gasteiger partial charge < -0.3 is 9.80 Å². The van der Waals surface area contributed by atoms with Gasteiger partial charge in [0.25, 0.3) is 0 Å². The molecule has 1 aliphatic heterocycles. The van der Waals surface area contributed by atoms with E-state index in [1.54, 1.807) is 0 Å². The highest BCUT2D eigenvalue weighted by atomic mass is 16.2. The van der Waals surface area contributed by atoms with Gasteiger partial charge in [-0.05, 0) is 20.5 Å². The average molecular weight is 172 g/mol. The Kier molecular flexibility index (Phi) is 5.72. The van der Waals surface area contributed by atoms with Crippen LogP contribution in [0, 0.1) is 0 Å². The standard InChI is InChI=1S/C7H14N2O.C2H6/c1-8(2)6-7(10)9-4-3-5-9;1-2/h3-6H2,1-2H3;1-2H3. The Labute approximate surface area is 75.3 Å².